The predicted molar refractivity (Wildman–Crippen MR) is 41.8 cm³/mol. The summed E-state index contributed by atoms with van der Waals surface area (Å²) in [7, 11) is 0. The molecule has 59 valence electrons. The Kier molecular flexibility index (Phi) is 5.28. The van der Waals surface area contributed by atoms with Crippen LogP contribution in [0.2, 0.25) is 0 Å². The second-order valence-corrected chi connectivity index (χ2v) is 2.85. The van der Waals surface area contributed by atoms with E-state index in [0.29, 0.717) is 5.92 Å². The molecule has 1 aliphatic heterocycles. The van der Waals surface area contributed by atoms with E-state index >= 15 is 0 Å². The molecule has 1 nitrogen and oxygen atoms in total. The molecular formula is C9H13NY-2. The van der Waals surface area contributed by atoms with Gasteiger partial charge in [0.25, 0.3) is 0 Å². The summed E-state index contributed by atoms with van der Waals surface area (Å²) in [6, 6.07) is 0. The van der Waals surface area contributed by atoms with Gasteiger partial charge in [0.15, 0.2) is 0 Å². The van der Waals surface area contributed by atoms with Gasteiger partial charge in [-0.25, -0.2) is 0 Å². The summed E-state index contributed by atoms with van der Waals surface area (Å²) in [5.41, 5.74) is 0.925. The number of rotatable bonds is 2. The number of hydrogen-bond donors (Lipinski definition) is 0. The molecule has 1 aliphatic rings. The fourth-order valence-electron chi connectivity index (χ4n) is 0.948. The Morgan fingerprint density at radius 2 is 2.27 bits per heavy atom. The van der Waals surface area contributed by atoms with Crippen molar-refractivity contribution in [3.8, 4) is 0 Å². The van der Waals surface area contributed by atoms with Gasteiger partial charge in [-0.1, -0.05) is 13.8 Å². The topological polar surface area (TPSA) is 3.24 Å². The first-order valence-electron chi connectivity index (χ1n) is 3.69. The maximum Gasteiger partial charge on any atom is 0 e. The molecule has 0 unspecified atom stereocenters. The zero-order valence-corrected chi connectivity index (χ0v) is 10.0. The minimum absolute atomic E-state index is 0. The zero-order chi connectivity index (χ0) is 7.56. The van der Waals surface area contributed by atoms with Crippen LogP contribution in [-0.2, 0) is 32.7 Å². The van der Waals surface area contributed by atoms with Crippen LogP contribution < -0.4 is 0 Å². The van der Waals surface area contributed by atoms with Gasteiger partial charge in [0.2, 0.25) is 0 Å². The number of allylic oxidation sites excluding steroid dienone is 1. The first-order valence-corrected chi connectivity index (χ1v) is 3.69. The largest absolute Gasteiger partial charge is 0.599 e. The molecule has 0 aromatic heterocycles. The molecule has 0 amide bonds. The van der Waals surface area contributed by atoms with Crippen LogP contribution in [0.15, 0.2) is 11.8 Å². The van der Waals surface area contributed by atoms with E-state index in [4.69, 9.17) is 6.58 Å². The average Bonchev–Trinajstić information content (AvgIpc) is 2.36. The molecular weight excluding hydrogens is 211 g/mol. The summed E-state index contributed by atoms with van der Waals surface area (Å²) in [5.74, 6) is 0.430. The minimum Gasteiger partial charge on any atom is -0.599 e. The van der Waals surface area contributed by atoms with Crippen LogP contribution in [0.1, 0.15) is 20.3 Å². The Morgan fingerprint density at radius 3 is 2.64 bits per heavy atom. The fraction of sp³-hybridized carbons (Fsp3) is 0.556. The Hall–Kier alpha value is 0.384. The van der Waals surface area contributed by atoms with Crippen LogP contribution in [-0.4, -0.2) is 11.4 Å². The van der Waals surface area contributed by atoms with Crippen molar-refractivity contribution in [3.05, 3.63) is 24.6 Å². The molecule has 2 heteroatoms. The van der Waals surface area contributed by atoms with Gasteiger partial charge in [-0.3, -0.25) is 0 Å². The standard InChI is InChI=1S/C9H13N.Y/c1-8(2)9(3)10-6-4-5-7-10;/h3-4,8H,5,7H2,1-2H3;/q-2;. The SMILES string of the molecule is [CH-]=C(C(C)C)N1[C-]=CCC1.[Y]. The van der Waals surface area contributed by atoms with Crippen molar-refractivity contribution < 1.29 is 32.7 Å². The molecule has 1 radical (unpaired) electrons. The molecule has 0 aromatic rings. The van der Waals surface area contributed by atoms with E-state index in [1.54, 1.807) is 0 Å². The second-order valence-electron chi connectivity index (χ2n) is 2.85. The summed E-state index contributed by atoms with van der Waals surface area (Å²) in [6.45, 7) is 11.0. The third kappa shape index (κ3) is 3.08. The quantitative estimate of drug-likeness (QED) is 0.648. The smallest absolute Gasteiger partial charge is 0 e. The Labute approximate surface area is 94.4 Å². The van der Waals surface area contributed by atoms with Crippen molar-refractivity contribution >= 4 is 0 Å². The van der Waals surface area contributed by atoms with Crippen molar-refractivity contribution in [2.24, 2.45) is 5.92 Å². The van der Waals surface area contributed by atoms with Gasteiger partial charge in [0.1, 0.15) is 0 Å². The van der Waals surface area contributed by atoms with Gasteiger partial charge in [0.05, 0.1) is 0 Å². The molecule has 1 rings (SSSR count). The van der Waals surface area contributed by atoms with Crippen molar-refractivity contribution in [2.75, 3.05) is 6.54 Å². The summed E-state index contributed by atoms with van der Waals surface area (Å²) in [4.78, 5) is 1.99. The molecule has 0 N–H and O–H groups in total. The van der Waals surface area contributed by atoms with Crippen LogP contribution >= 0.6 is 0 Å². The predicted octanol–water partition coefficient (Wildman–Crippen LogP) is 1.98. The van der Waals surface area contributed by atoms with E-state index in [-0.39, 0.29) is 32.7 Å². The van der Waals surface area contributed by atoms with Gasteiger partial charge < -0.3 is 17.2 Å². The maximum absolute atomic E-state index is 5.78. The van der Waals surface area contributed by atoms with Gasteiger partial charge in [0, 0.05) is 32.7 Å². The van der Waals surface area contributed by atoms with E-state index in [0.717, 1.165) is 18.7 Å². The molecule has 0 saturated carbocycles. The van der Waals surface area contributed by atoms with E-state index in [2.05, 4.69) is 20.0 Å². The van der Waals surface area contributed by atoms with Crippen LogP contribution in [0.25, 0.3) is 0 Å². The molecule has 0 bridgehead atoms. The van der Waals surface area contributed by atoms with Gasteiger partial charge in [-0.2, -0.15) is 12.3 Å². The minimum atomic E-state index is 0. The summed E-state index contributed by atoms with van der Waals surface area (Å²) >= 11 is 0. The van der Waals surface area contributed by atoms with Crippen molar-refractivity contribution in [2.45, 2.75) is 20.3 Å². The average molecular weight is 224 g/mol. The van der Waals surface area contributed by atoms with E-state index in [1.807, 2.05) is 11.0 Å². The maximum atomic E-state index is 5.78. The van der Waals surface area contributed by atoms with Gasteiger partial charge >= 0.3 is 0 Å². The van der Waals surface area contributed by atoms with Crippen LogP contribution in [0.4, 0.5) is 0 Å². The summed E-state index contributed by atoms with van der Waals surface area (Å²) in [6.07, 6.45) is 6.18. The van der Waals surface area contributed by atoms with Crippen LogP contribution in [0, 0.1) is 18.7 Å². The van der Waals surface area contributed by atoms with Crippen molar-refractivity contribution in [1.29, 1.82) is 0 Å². The van der Waals surface area contributed by atoms with Crippen LogP contribution in [0.5, 0.6) is 0 Å². The normalized spacial score (nSPS) is 15.4. The third-order valence-electron chi connectivity index (χ3n) is 1.65. The van der Waals surface area contributed by atoms with Gasteiger partial charge in [-0.05, 0) is 13.0 Å². The molecule has 0 spiro atoms. The molecule has 1 heterocycles. The monoisotopic (exact) mass is 224 g/mol. The van der Waals surface area contributed by atoms with E-state index < -0.39 is 0 Å². The second kappa shape index (κ2) is 5.10. The molecule has 0 saturated heterocycles. The molecule has 0 fully saturated rings. The molecule has 11 heavy (non-hydrogen) atoms. The van der Waals surface area contributed by atoms with Crippen molar-refractivity contribution in [1.82, 2.24) is 4.90 Å². The van der Waals surface area contributed by atoms with Gasteiger partial charge in [-0.15, -0.1) is 5.92 Å². The van der Waals surface area contributed by atoms with Crippen molar-refractivity contribution in [3.63, 3.8) is 0 Å². The Morgan fingerprint density at radius 1 is 1.64 bits per heavy atom. The first-order chi connectivity index (χ1) is 4.72. The summed E-state index contributed by atoms with van der Waals surface area (Å²) in [5, 5.41) is 0. The fourth-order valence-corrected chi connectivity index (χ4v) is 0.948. The van der Waals surface area contributed by atoms with E-state index in [1.165, 1.54) is 0 Å². The first kappa shape index (κ1) is 11.4. The Balaban J connectivity index is 0.000001000. The number of hydrogen-bond acceptors (Lipinski definition) is 1. The molecule has 0 atom stereocenters. The zero-order valence-electron chi connectivity index (χ0n) is 7.17. The third-order valence-corrected chi connectivity index (χ3v) is 1.65. The summed E-state index contributed by atoms with van der Waals surface area (Å²) < 4.78 is 0. The van der Waals surface area contributed by atoms with Crippen LogP contribution in [0.3, 0.4) is 0 Å². The molecule has 0 aromatic carbocycles. The number of nitrogens with zero attached hydrogens (tertiary/aromatic N) is 1. The Bertz CT molecular complexity index is 161. The molecule has 0 aliphatic carbocycles. The van der Waals surface area contributed by atoms with E-state index in [9.17, 15) is 0 Å².